The van der Waals surface area contributed by atoms with E-state index in [1.807, 2.05) is 0 Å². The fraction of sp³-hybridized carbons (Fsp3) is 0.538. The number of halogens is 3. The van der Waals surface area contributed by atoms with Gasteiger partial charge in [0.1, 0.15) is 0 Å². The van der Waals surface area contributed by atoms with Crippen LogP contribution in [0.5, 0.6) is 0 Å². The first-order valence-corrected chi connectivity index (χ1v) is 8.07. The largest absolute Gasteiger partial charge is 0.340 e. The second kappa shape index (κ2) is 6.65. The molecule has 8 heteroatoms. The monoisotopic (exact) mass is 323 g/mol. The fourth-order valence-corrected chi connectivity index (χ4v) is 3.40. The first-order chi connectivity index (χ1) is 9.90. The molecule has 0 atom stereocenters. The molecule has 1 aliphatic carbocycles. The zero-order valence-corrected chi connectivity index (χ0v) is 12.0. The molecule has 0 heterocycles. The van der Waals surface area contributed by atoms with Crippen LogP contribution in [-0.2, 0) is 14.3 Å². The minimum absolute atomic E-state index is 0.167. The second-order valence-corrected chi connectivity index (χ2v) is 6.47. The molecule has 1 aromatic carbocycles. The van der Waals surface area contributed by atoms with Crippen LogP contribution in [-0.4, -0.2) is 21.1 Å². The predicted molar refractivity (Wildman–Crippen MR) is 71.2 cm³/mol. The summed E-state index contributed by atoms with van der Waals surface area (Å²) in [6.45, 7) is -3.30. The third-order valence-electron chi connectivity index (χ3n) is 3.36. The van der Waals surface area contributed by atoms with E-state index in [0.29, 0.717) is 12.8 Å². The molecule has 0 saturated heterocycles. The fourth-order valence-electron chi connectivity index (χ4n) is 2.26. The Morgan fingerprint density at radius 2 is 1.67 bits per heavy atom. The minimum Gasteiger partial charge on any atom is -0.263 e. The van der Waals surface area contributed by atoms with Crippen molar-refractivity contribution in [2.75, 3.05) is 5.12 Å². The summed E-state index contributed by atoms with van der Waals surface area (Å²) in [6, 6.07) is 4.07. The molecule has 4 nitrogen and oxygen atoms in total. The van der Waals surface area contributed by atoms with Gasteiger partial charge in [-0.3, -0.25) is 4.18 Å². The van der Waals surface area contributed by atoms with Crippen molar-refractivity contribution in [3.05, 3.63) is 24.3 Å². The molecule has 0 N–H and O–H groups in total. The lowest BCUT2D eigenvalue weighted by Crippen LogP contribution is -2.21. The Balaban J connectivity index is 2.09. The van der Waals surface area contributed by atoms with Crippen LogP contribution in [0, 0.1) is 0 Å². The average molecular weight is 323 g/mol. The van der Waals surface area contributed by atoms with Crippen molar-refractivity contribution in [1.29, 1.82) is 0 Å². The molecule has 0 amide bonds. The van der Waals surface area contributed by atoms with E-state index in [1.165, 1.54) is 0 Å². The Morgan fingerprint density at radius 1 is 1.10 bits per heavy atom. The smallest absolute Gasteiger partial charge is 0.263 e. The van der Waals surface area contributed by atoms with Gasteiger partial charge < -0.3 is 0 Å². The topological polar surface area (TPSA) is 46.6 Å². The number of hydrogen-bond donors (Lipinski definition) is 0. The second-order valence-electron chi connectivity index (χ2n) is 4.89. The summed E-state index contributed by atoms with van der Waals surface area (Å²) in [5, 5.41) is -0.738. The molecular weight excluding hydrogens is 307 g/mol. The third-order valence-corrected chi connectivity index (χ3v) is 4.73. The van der Waals surface area contributed by atoms with Gasteiger partial charge in [-0.25, -0.2) is 0 Å². The molecule has 0 aliphatic heterocycles. The SMILES string of the molecule is O=S(=O)(OC1CCCCC1)c1ccc(N(F)C(F)F)cc1. The van der Waals surface area contributed by atoms with E-state index in [2.05, 4.69) is 0 Å². The van der Waals surface area contributed by atoms with Crippen LogP contribution in [0.15, 0.2) is 29.2 Å². The minimum atomic E-state index is -3.95. The van der Waals surface area contributed by atoms with Gasteiger partial charge in [0.25, 0.3) is 10.1 Å². The van der Waals surface area contributed by atoms with Crippen molar-refractivity contribution in [3.8, 4) is 0 Å². The molecule has 21 heavy (non-hydrogen) atoms. The molecule has 0 unspecified atom stereocenters. The van der Waals surface area contributed by atoms with Gasteiger partial charge in [-0.1, -0.05) is 23.7 Å². The van der Waals surface area contributed by atoms with E-state index >= 15 is 0 Å². The summed E-state index contributed by atoms with van der Waals surface area (Å²) in [5.74, 6) is 0. The molecule has 0 radical (unpaired) electrons. The maximum absolute atomic E-state index is 13.0. The number of nitrogens with zero attached hydrogens (tertiary/aromatic N) is 1. The highest BCUT2D eigenvalue weighted by Crippen LogP contribution is 2.26. The molecule has 0 spiro atoms. The maximum Gasteiger partial charge on any atom is 0.340 e. The molecule has 1 aliphatic rings. The molecule has 0 aromatic heterocycles. The van der Waals surface area contributed by atoms with E-state index in [1.54, 1.807) is 0 Å². The Morgan fingerprint density at radius 3 is 2.19 bits per heavy atom. The van der Waals surface area contributed by atoms with Crippen LogP contribution in [0.2, 0.25) is 0 Å². The lowest BCUT2D eigenvalue weighted by atomic mass is 9.98. The van der Waals surface area contributed by atoms with Gasteiger partial charge in [-0.15, -0.1) is 5.12 Å². The third kappa shape index (κ3) is 4.10. The molecule has 1 fully saturated rings. The van der Waals surface area contributed by atoms with Crippen LogP contribution in [0.25, 0.3) is 0 Å². The first-order valence-electron chi connectivity index (χ1n) is 6.66. The van der Waals surface area contributed by atoms with Crippen molar-refractivity contribution in [2.24, 2.45) is 0 Å². The quantitative estimate of drug-likeness (QED) is 0.471. The van der Waals surface area contributed by atoms with Crippen LogP contribution in [0.1, 0.15) is 32.1 Å². The molecular formula is C13H16F3NO3S. The Hall–Kier alpha value is -1.28. The summed E-state index contributed by atoms with van der Waals surface area (Å²) < 4.78 is 66.5. The first kappa shape index (κ1) is 16.1. The zero-order valence-electron chi connectivity index (χ0n) is 11.2. The molecule has 118 valence electrons. The van der Waals surface area contributed by atoms with Crippen molar-refractivity contribution >= 4 is 15.8 Å². The number of benzene rings is 1. The highest BCUT2D eigenvalue weighted by atomic mass is 32.2. The normalized spacial score (nSPS) is 17.1. The maximum atomic E-state index is 13.0. The Bertz CT molecular complexity index is 557. The van der Waals surface area contributed by atoms with E-state index in [9.17, 15) is 21.7 Å². The number of hydrogen-bond acceptors (Lipinski definition) is 4. The molecule has 1 saturated carbocycles. The lowest BCUT2D eigenvalue weighted by molar-refractivity contribution is 0.0891. The molecule has 1 aromatic rings. The number of anilines is 1. The van der Waals surface area contributed by atoms with Gasteiger partial charge in [-0.05, 0) is 37.1 Å². The standard InChI is InChI=1S/C13H16F3NO3S/c14-13(15)17(16)10-6-8-12(9-7-10)21(18,19)20-11-4-2-1-3-5-11/h6-9,11,13H,1-5H2. The van der Waals surface area contributed by atoms with E-state index in [0.717, 1.165) is 43.5 Å². The Kier molecular flexibility index (Phi) is 5.10. The summed E-state index contributed by atoms with van der Waals surface area (Å²) in [4.78, 5) is -0.167. The van der Waals surface area contributed by atoms with E-state index in [4.69, 9.17) is 4.18 Å². The van der Waals surface area contributed by atoms with E-state index < -0.39 is 27.5 Å². The summed E-state index contributed by atoms with van der Waals surface area (Å²) in [6.07, 6.45) is 3.92. The Labute approximate surface area is 121 Å². The van der Waals surface area contributed by atoms with Crippen molar-refractivity contribution < 1.29 is 25.9 Å². The van der Waals surface area contributed by atoms with Gasteiger partial charge in [0.2, 0.25) is 0 Å². The van der Waals surface area contributed by atoms with Gasteiger partial charge in [0, 0.05) is 0 Å². The van der Waals surface area contributed by atoms with Crippen LogP contribution >= 0.6 is 0 Å². The van der Waals surface area contributed by atoms with Crippen molar-refractivity contribution in [3.63, 3.8) is 0 Å². The van der Waals surface area contributed by atoms with Gasteiger partial charge in [0.15, 0.2) is 0 Å². The zero-order chi connectivity index (χ0) is 15.5. The molecule has 0 bridgehead atoms. The summed E-state index contributed by atoms with van der Waals surface area (Å²) in [5.41, 5.74) is -0.415. The van der Waals surface area contributed by atoms with Crippen LogP contribution in [0.3, 0.4) is 0 Å². The number of alkyl halides is 2. The van der Waals surface area contributed by atoms with Crippen molar-refractivity contribution in [2.45, 2.75) is 49.7 Å². The number of rotatable bonds is 5. The summed E-state index contributed by atoms with van der Waals surface area (Å²) >= 11 is 0. The predicted octanol–water partition coefficient (Wildman–Crippen LogP) is 3.64. The lowest BCUT2D eigenvalue weighted by Gasteiger charge is -2.21. The van der Waals surface area contributed by atoms with Gasteiger partial charge >= 0.3 is 6.55 Å². The highest BCUT2D eigenvalue weighted by Gasteiger charge is 2.24. The van der Waals surface area contributed by atoms with Crippen molar-refractivity contribution in [1.82, 2.24) is 0 Å². The van der Waals surface area contributed by atoms with Crippen LogP contribution < -0.4 is 5.12 Å². The molecule has 2 rings (SSSR count). The van der Waals surface area contributed by atoms with Gasteiger partial charge in [0.05, 0.1) is 16.7 Å². The van der Waals surface area contributed by atoms with Gasteiger partial charge in [-0.2, -0.15) is 17.2 Å². The van der Waals surface area contributed by atoms with E-state index in [-0.39, 0.29) is 11.0 Å². The average Bonchev–Trinajstić information content (AvgIpc) is 2.47. The highest BCUT2D eigenvalue weighted by molar-refractivity contribution is 7.86. The summed E-state index contributed by atoms with van der Waals surface area (Å²) in [7, 11) is -3.95. The van der Waals surface area contributed by atoms with Crippen LogP contribution in [0.4, 0.5) is 18.9 Å².